The molecule has 0 radical (unpaired) electrons. The first kappa shape index (κ1) is 20.0. The molecule has 6 heteroatoms. The molecule has 6 nitrogen and oxygen atoms in total. The Morgan fingerprint density at radius 2 is 1.74 bits per heavy atom. The summed E-state index contributed by atoms with van der Waals surface area (Å²) in [5, 5.41) is 2.75. The zero-order chi connectivity index (χ0) is 19.5. The largest absolute Gasteiger partial charge is 0.494 e. The minimum atomic E-state index is -0.440. The second kappa shape index (κ2) is 10.7. The smallest absolute Gasteiger partial charge is 0.344 e. The van der Waals surface area contributed by atoms with Gasteiger partial charge >= 0.3 is 5.97 Å². The van der Waals surface area contributed by atoms with E-state index in [2.05, 4.69) is 5.32 Å². The van der Waals surface area contributed by atoms with Gasteiger partial charge < -0.3 is 19.5 Å². The third kappa shape index (κ3) is 7.23. The highest BCUT2D eigenvalue weighted by molar-refractivity contribution is 6.02. The fourth-order valence-corrected chi connectivity index (χ4v) is 2.21. The van der Waals surface area contributed by atoms with Crippen LogP contribution in [-0.4, -0.2) is 31.7 Å². The monoisotopic (exact) mass is 369 g/mol. The van der Waals surface area contributed by atoms with Gasteiger partial charge in [0.05, 0.1) is 13.2 Å². The minimum absolute atomic E-state index is 0.178. The molecule has 2 aromatic carbocycles. The Hall–Kier alpha value is -3.28. The van der Waals surface area contributed by atoms with Gasteiger partial charge in [0.25, 0.3) is 0 Å². The molecule has 2 aromatic rings. The Morgan fingerprint density at radius 1 is 0.963 bits per heavy atom. The summed E-state index contributed by atoms with van der Waals surface area (Å²) in [5.74, 6) is 0.548. The lowest BCUT2D eigenvalue weighted by Crippen LogP contribution is -2.14. The molecule has 142 valence electrons. The van der Waals surface area contributed by atoms with Gasteiger partial charge in [0.2, 0.25) is 5.91 Å². The number of benzene rings is 2. The number of hydrogen-bond acceptors (Lipinski definition) is 5. The van der Waals surface area contributed by atoms with E-state index in [-0.39, 0.29) is 12.5 Å². The average molecular weight is 369 g/mol. The number of rotatable bonds is 9. The maximum Gasteiger partial charge on any atom is 0.344 e. The topological polar surface area (TPSA) is 73.9 Å². The van der Waals surface area contributed by atoms with Crippen LogP contribution in [-0.2, 0) is 14.3 Å². The van der Waals surface area contributed by atoms with Crippen LogP contribution in [0.1, 0.15) is 19.4 Å². The molecule has 2 rings (SSSR count). The molecule has 0 aliphatic heterocycles. The fraction of sp³-hybridized carbons (Fsp3) is 0.238. The Labute approximate surface area is 158 Å². The first-order valence-corrected chi connectivity index (χ1v) is 8.71. The highest BCUT2D eigenvalue weighted by atomic mass is 16.6. The second-order valence-corrected chi connectivity index (χ2v) is 5.45. The third-order valence-corrected chi connectivity index (χ3v) is 3.38. The molecule has 0 atom stereocenters. The van der Waals surface area contributed by atoms with Crippen molar-refractivity contribution in [2.45, 2.75) is 13.8 Å². The second-order valence-electron chi connectivity index (χ2n) is 5.45. The van der Waals surface area contributed by atoms with Crippen molar-refractivity contribution in [3.8, 4) is 11.5 Å². The van der Waals surface area contributed by atoms with Crippen LogP contribution in [0.25, 0.3) is 6.08 Å². The molecular weight excluding hydrogens is 346 g/mol. The number of hydrogen-bond donors (Lipinski definition) is 1. The molecule has 27 heavy (non-hydrogen) atoms. The summed E-state index contributed by atoms with van der Waals surface area (Å²) in [6.07, 6.45) is 3.16. The number of anilines is 1. The van der Waals surface area contributed by atoms with Gasteiger partial charge in [-0.15, -0.1) is 0 Å². The highest BCUT2D eigenvalue weighted by Gasteiger charge is 2.04. The van der Waals surface area contributed by atoms with E-state index < -0.39 is 5.97 Å². The number of carbonyl (C=O) groups excluding carboxylic acids is 2. The van der Waals surface area contributed by atoms with Gasteiger partial charge in [0.15, 0.2) is 6.61 Å². The van der Waals surface area contributed by atoms with E-state index in [0.717, 1.165) is 11.3 Å². The van der Waals surface area contributed by atoms with Crippen molar-refractivity contribution < 1.29 is 23.8 Å². The summed E-state index contributed by atoms with van der Waals surface area (Å²) < 4.78 is 15.5. The van der Waals surface area contributed by atoms with E-state index in [1.54, 1.807) is 37.3 Å². The predicted molar refractivity (Wildman–Crippen MR) is 104 cm³/mol. The lowest BCUT2D eigenvalue weighted by atomic mass is 10.2. The number of esters is 1. The van der Waals surface area contributed by atoms with Crippen LogP contribution in [0.3, 0.4) is 0 Å². The molecule has 0 aliphatic carbocycles. The summed E-state index contributed by atoms with van der Waals surface area (Å²) in [5.41, 5.74) is 1.46. The Balaban J connectivity index is 1.89. The van der Waals surface area contributed by atoms with Crippen molar-refractivity contribution in [1.29, 1.82) is 0 Å². The zero-order valence-corrected chi connectivity index (χ0v) is 15.4. The molecule has 1 N–H and O–H groups in total. The Kier molecular flexibility index (Phi) is 7.91. The van der Waals surface area contributed by atoms with Crippen molar-refractivity contribution in [1.82, 2.24) is 0 Å². The molecule has 0 spiro atoms. The lowest BCUT2D eigenvalue weighted by molar-refractivity contribution is -0.145. The van der Waals surface area contributed by atoms with E-state index in [1.165, 1.54) is 6.08 Å². The van der Waals surface area contributed by atoms with Crippen molar-refractivity contribution in [2.24, 2.45) is 0 Å². The summed E-state index contributed by atoms with van der Waals surface area (Å²) in [7, 11) is 0. The van der Waals surface area contributed by atoms with Crippen LogP contribution < -0.4 is 14.8 Å². The van der Waals surface area contributed by atoms with E-state index in [4.69, 9.17) is 14.2 Å². The first-order valence-electron chi connectivity index (χ1n) is 8.71. The third-order valence-electron chi connectivity index (χ3n) is 3.38. The van der Waals surface area contributed by atoms with Crippen LogP contribution in [0.4, 0.5) is 5.69 Å². The lowest BCUT2D eigenvalue weighted by Gasteiger charge is -2.08. The summed E-state index contributed by atoms with van der Waals surface area (Å²) in [6, 6.07) is 14.3. The van der Waals surface area contributed by atoms with E-state index in [0.29, 0.717) is 24.7 Å². The van der Waals surface area contributed by atoms with Crippen molar-refractivity contribution in [3.05, 3.63) is 60.2 Å². The number of ether oxygens (including phenoxy) is 3. The van der Waals surface area contributed by atoms with Gasteiger partial charge in [-0.25, -0.2) is 4.79 Å². The molecule has 1 amide bonds. The average Bonchev–Trinajstić information content (AvgIpc) is 2.67. The van der Waals surface area contributed by atoms with Crippen LogP contribution in [0.2, 0.25) is 0 Å². The number of carbonyl (C=O) groups is 2. The first-order chi connectivity index (χ1) is 13.1. The fourth-order valence-electron chi connectivity index (χ4n) is 2.21. The quantitative estimate of drug-likeness (QED) is 0.539. The van der Waals surface area contributed by atoms with E-state index >= 15 is 0 Å². The molecule has 0 unspecified atom stereocenters. The Morgan fingerprint density at radius 3 is 2.44 bits per heavy atom. The van der Waals surface area contributed by atoms with Gasteiger partial charge in [-0.1, -0.05) is 18.2 Å². The van der Waals surface area contributed by atoms with E-state index in [1.807, 2.05) is 31.2 Å². The van der Waals surface area contributed by atoms with Gasteiger partial charge in [0.1, 0.15) is 11.5 Å². The summed E-state index contributed by atoms with van der Waals surface area (Å²) >= 11 is 0. The van der Waals surface area contributed by atoms with Gasteiger partial charge in [0, 0.05) is 17.8 Å². The van der Waals surface area contributed by atoms with Crippen molar-refractivity contribution in [3.63, 3.8) is 0 Å². The van der Waals surface area contributed by atoms with Crippen LogP contribution in [0.5, 0.6) is 11.5 Å². The summed E-state index contributed by atoms with van der Waals surface area (Å²) in [6.45, 7) is 4.39. The molecule has 0 saturated heterocycles. The van der Waals surface area contributed by atoms with Crippen molar-refractivity contribution in [2.75, 3.05) is 25.1 Å². The maximum absolute atomic E-state index is 12.1. The highest BCUT2D eigenvalue weighted by Crippen LogP contribution is 2.18. The number of nitrogens with one attached hydrogen (secondary N) is 1. The zero-order valence-electron chi connectivity index (χ0n) is 15.4. The van der Waals surface area contributed by atoms with Gasteiger partial charge in [-0.2, -0.15) is 0 Å². The maximum atomic E-state index is 12.1. The number of amides is 1. The molecule has 0 aliphatic rings. The van der Waals surface area contributed by atoms with Crippen LogP contribution >= 0.6 is 0 Å². The SMILES string of the molecule is CCOC(=O)COc1cccc(NC(=O)/C=C/c2ccc(OCC)cc2)c1. The predicted octanol–water partition coefficient (Wildman–Crippen LogP) is 3.68. The summed E-state index contributed by atoms with van der Waals surface area (Å²) in [4.78, 5) is 23.4. The van der Waals surface area contributed by atoms with Crippen LogP contribution in [0, 0.1) is 0 Å². The van der Waals surface area contributed by atoms with Gasteiger partial charge in [-0.3, -0.25) is 4.79 Å². The normalized spacial score (nSPS) is 10.4. The van der Waals surface area contributed by atoms with Gasteiger partial charge in [-0.05, 0) is 49.8 Å². The van der Waals surface area contributed by atoms with Crippen LogP contribution in [0.15, 0.2) is 54.6 Å². The standard InChI is InChI=1S/C21H23NO5/c1-3-25-18-11-8-16(9-12-18)10-13-20(23)22-17-6-5-7-19(14-17)27-15-21(24)26-4-2/h5-14H,3-4,15H2,1-2H3,(H,22,23)/b13-10+. The van der Waals surface area contributed by atoms with E-state index in [9.17, 15) is 9.59 Å². The molecule has 0 aromatic heterocycles. The Bertz CT molecular complexity index is 783. The molecule has 0 fully saturated rings. The molecule has 0 saturated carbocycles. The molecule has 0 bridgehead atoms. The molecular formula is C21H23NO5. The van der Waals surface area contributed by atoms with Crippen molar-refractivity contribution >= 4 is 23.6 Å². The molecule has 0 heterocycles. The minimum Gasteiger partial charge on any atom is -0.494 e.